The third-order valence-electron chi connectivity index (χ3n) is 4.82. The van der Waals surface area contributed by atoms with Crippen LogP contribution in [0.4, 0.5) is 0 Å². The van der Waals surface area contributed by atoms with E-state index in [4.69, 9.17) is 9.15 Å². The fraction of sp³-hybridized carbons (Fsp3) is 0.389. The standard InChI is InChI=1S/C18H20N4O3/c1-10-14-8-13(24-3)5-6-15(14)25-17(10)18(23)19-12-4-7-16-21-20-11(2)22(16)9-12/h5-6,8,12H,4,7,9H2,1-3H3,(H,19,23). The highest BCUT2D eigenvalue weighted by atomic mass is 16.5. The van der Waals surface area contributed by atoms with Crippen molar-refractivity contribution < 1.29 is 13.9 Å². The summed E-state index contributed by atoms with van der Waals surface area (Å²) in [6.07, 6.45) is 1.65. The summed E-state index contributed by atoms with van der Waals surface area (Å²) < 4.78 is 13.1. The molecule has 1 atom stereocenters. The number of rotatable bonds is 3. The summed E-state index contributed by atoms with van der Waals surface area (Å²) in [6.45, 7) is 4.51. The van der Waals surface area contributed by atoms with E-state index in [-0.39, 0.29) is 11.9 Å². The van der Waals surface area contributed by atoms with Gasteiger partial charge in [-0.1, -0.05) is 0 Å². The van der Waals surface area contributed by atoms with Gasteiger partial charge < -0.3 is 19.0 Å². The number of carbonyl (C=O) groups excluding carboxylic acids is 1. The van der Waals surface area contributed by atoms with E-state index in [2.05, 4.69) is 20.1 Å². The lowest BCUT2D eigenvalue weighted by Gasteiger charge is -2.24. The smallest absolute Gasteiger partial charge is 0.287 e. The zero-order valence-electron chi connectivity index (χ0n) is 14.5. The number of aromatic nitrogens is 3. The van der Waals surface area contributed by atoms with E-state index < -0.39 is 0 Å². The second kappa shape index (κ2) is 5.91. The fourth-order valence-electron chi connectivity index (χ4n) is 3.37. The highest BCUT2D eigenvalue weighted by Gasteiger charge is 2.25. The van der Waals surface area contributed by atoms with Gasteiger partial charge in [0.25, 0.3) is 5.91 Å². The van der Waals surface area contributed by atoms with Crippen LogP contribution in [0.2, 0.25) is 0 Å². The molecule has 1 unspecified atom stereocenters. The third-order valence-corrected chi connectivity index (χ3v) is 4.82. The van der Waals surface area contributed by atoms with Gasteiger partial charge in [-0.2, -0.15) is 0 Å². The average Bonchev–Trinajstić information content (AvgIpc) is 3.15. The van der Waals surface area contributed by atoms with Crippen LogP contribution in [0.1, 0.15) is 34.2 Å². The number of nitrogens with zero attached hydrogens (tertiary/aromatic N) is 3. The predicted octanol–water partition coefficient (Wildman–Crippen LogP) is 2.39. The molecule has 7 heteroatoms. The lowest BCUT2D eigenvalue weighted by molar-refractivity contribution is 0.0900. The maximum absolute atomic E-state index is 12.7. The highest BCUT2D eigenvalue weighted by molar-refractivity contribution is 5.99. The topological polar surface area (TPSA) is 82.2 Å². The molecule has 2 aromatic heterocycles. The molecule has 4 rings (SSSR count). The van der Waals surface area contributed by atoms with Gasteiger partial charge in [0.1, 0.15) is 23.0 Å². The molecule has 1 N–H and O–H groups in total. The number of carbonyl (C=O) groups is 1. The SMILES string of the molecule is COc1ccc2oc(C(=O)NC3CCc4nnc(C)n4C3)c(C)c2c1. The number of benzene rings is 1. The molecule has 0 fully saturated rings. The van der Waals surface area contributed by atoms with Crippen LogP contribution in [-0.4, -0.2) is 33.8 Å². The van der Waals surface area contributed by atoms with Crippen LogP contribution < -0.4 is 10.1 Å². The highest BCUT2D eigenvalue weighted by Crippen LogP contribution is 2.29. The van der Waals surface area contributed by atoms with Crippen molar-refractivity contribution in [1.29, 1.82) is 0 Å². The molecule has 3 aromatic rings. The second-order valence-electron chi connectivity index (χ2n) is 6.40. The minimum absolute atomic E-state index is 0.0387. The molecular weight excluding hydrogens is 320 g/mol. The van der Waals surface area contributed by atoms with E-state index in [0.717, 1.165) is 41.2 Å². The Bertz CT molecular complexity index is 957. The monoisotopic (exact) mass is 340 g/mol. The van der Waals surface area contributed by atoms with Gasteiger partial charge >= 0.3 is 0 Å². The first-order valence-electron chi connectivity index (χ1n) is 8.33. The van der Waals surface area contributed by atoms with Gasteiger partial charge in [-0.3, -0.25) is 4.79 Å². The number of furan rings is 1. The lowest BCUT2D eigenvalue weighted by atomic mass is 10.1. The molecule has 1 aliphatic rings. The molecule has 1 aromatic carbocycles. The van der Waals surface area contributed by atoms with Crippen LogP contribution in [0.25, 0.3) is 11.0 Å². The summed E-state index contributed by atoms with van der Waals surface area (Å²) in [5, 5.41) is 12.2. The predicted molar refractivity (Wildman–Crippen MR) is 91.8 cm³/mol. The zero-order chi connectivity index (χ0) is 17.6. The molecule has 0 saturated carbocycles. The summed E-state index contributed by atoms with van der Waals surface area (Å²) in [4.78, 5) is 12.7. The van der Waals surface area contributed by atoms with Crippen LogP contribution in [-0.2, 0) is 13.0 Å². The maximum atomic E-state index is 12.7. The van der Waals surface area contributed by atoms with Gasteiger partial charge in [0, 0.05) is 30.0 Å². The molecule has 0 radical (unpaired) electrons. The number of fused-ring (bicyclic) bond motifs is 2. The molecule has 7 nitrogen and oxygen atoms in total. The zero-order valence-corrected chi connectivity index (χ0v) is 14.5. The molecule has 1 aliphatic heterocycles. The quantitative estimate of drug-likeness (QED) is 0.792. The van der Waals surface area contributed by atoms with E-state index in [9.17, 15) is 4.79 Å². The molecule has 0 bridgehead atoms. The van der Waals surface area contributed by atoms with Crippen molar-refractivity contribution in [3.63, 3.8) is 0 Å². The third kappa shape index (κ3) is 2.65. The lowest BCUT2D eigenvalue weighted by Crippen LogP contribution is -2.41. The van der Waals surface area contributed by atoms with Gasteiger partial charge in [0.15, 0.2) is 5.76 Å². The van der Waals surface area contributed by atoms with Crippen molar-refractivity contribution in [3.05, 3.63) is 41.2 Å². The van der Waals surface area contributed by atoms with E-state index in [1.54, 1.807) is 7.11 Å². The Hall–Kier alpha value is -2.83. The number of nitrogens with one attached hydrogen (secondary N) is 1. The number of methoxy groups -OCH3 is 1. The Labute approximate surface area is 145 Å². The van der Waals surface area contributed by atoms with E-state index in [1.165, 1.54) is 0 Å². The first-order chi connectivity index (χ1) is 12.1. The Morgan fingerprint density at radius 2 is 2.20 bits per heavy atom. The van der Waals surface area contributed by atoms with Crippen molar-refractivity contribution in [2.45, 2.75) is 39.3 Å². The molecule has 0 spiro atoms. The summed E-state index contributed by atoms with van der Waals surface area (Å²) in [5.41, 5.74) is 1.51. The largest absolute Gasteiger partial charge is 0.497 e. The van der Waals surface area contributed by atoms with Crippen molar-refractivity contribution in [2.75, 3.05) is 7.11 Å². The Morgan fingerprint density at radius 1 is 1.36 bits per heavy atom. The van der Waals surface area contributed by atoms with Gasteiger partial charge in [-0.05, 0) is 38.5 Å². The van der Waals surface area contributed by atoms with E-state index in [0.29, 0.717) is 17.9 Å². The second-order valence-corrected chi connectivity index (χ2v) is 6.40. The van der Waals surface area contributed by atoms with Gasteiger partial charge in [0.05, 0.1) is 7.11 Å². The first kappa shape index (κ1) is 15.7. The minimum atomic E-state index is -0.188. The molecule has 0 saturated heterocycles. The van der Waals surface area contributed by atoms with Crippen LogP contribution in [0, 0.1) is 13.8 Å². The average molecular weight is 340 g/mol. The van der Waals surface area contributed by atoms with Crippen LogP contribution >= 0.6 is 0 Å². The molecule has 0 aliphatic carbocycles. The summed E-state index contributed by atoms with van der Waals surface area (Å²) in [7, 11) is 1.62. The van der Waals surface area contributed by atoms with Crippen molar-refractivity contribution >= 4 is 16.9 Å². The first-order valence-corrected chi connectivity index (χ1v) is 8.33. The maximum Gasteiger partial charge on any atom is 0.287 e. The van der Waals surface area contributed by atoms with Crippen molar-refractivity contribution in [3.8, 4) is 5.75 Å². The normalized spacial score (nSPS) is 16.7. The number of aryl methyl sites for hydroxylation is 3. The molecule has 3 heterocycles. The van der Waals surface area contributed by atoms with Crippen LogP contribution in [0.3, 0.4) is 0 Å². The number of amides is 1. The molecule has 1 amide bonds. The van der Waals surface area contributed by atoms with Gasteiger partial charge in [-0.15, -0.1) is 10.2 Å². The molecular formula is C18H20N4O3. The molecule has 130 valence electrons. The number of ether oxygens (including phenoxy) is 1. The summed E-state index contributed by atoms with van der Waals surface area (Å²) in [6, 6.07) is 5.57. The summed E-state index contributed by atoms with van der Waals surface area (Å²) >= 11 is 0. The number of hydrogen-bond acceptors (Lipinski definition) is 5. The minimum Gasteiger partial charge on any atom is -0.497 e. The fourth-order valence-corrected chi connectivity index (χ4v) is 3.37. The Morgan fingerprint density at radius 3 is 3.00 bits per heavy atom. The van der Waals surface area contributed by atoms with E-state index in [1.807, 2.05) is 32.0 Å². The Balaban J connectivity index is 1.56. The Kier molecular flexibility index (Phi) is 3.71. The summed E-state index contributed by atoms with van der Waals surface area (Å²) in [5.74, 6) is 2.77. The van der Waals surface area contributed by atoms with Gasteiger partial charge in [0.2, 0.25) is 0 Å². The van der Waals surface area contributed by atoms with Crippen molar-refractivity contribution in [1.82, 2.24) is 20.1 Å². The molecule has 25 heavy (non-hydrogen) atoms. The number of hydrogen-bond donors (Lipinski definition) is 1. The van der Waals surface area contributed by atoms with E-state index >= 15 is 0 Å². The van der Waals surface area contributed by atoms with Gasteiger partial charge in [-0.25, -0.2) is 0 Å². The van der Waals surface area contributed by atoms with Crippen LogP contribution in [0.15, 0.2) is 22.6 Å². The van der Waals surface area contributed by atoms with Crippen LogP contribution in [0.5, 0.6) is 5.75 Å². The van der Waals surface area contributed by atoms with Crippen molar-refractivity contribution in [2.24, 2.45) is 0 Å².